The number of amides is 2. The number of piperidine rings is 1. The minimum Gasteiger partial charge on any atom is -0.326 e. The Balaban J connectivity index is 1.45. The van der Waals surface area contributed by atoms with Gasteiger partial charge in [-0.2, -0.15) is 4.31 Å². The van der Waals surface area contributed by atoms with Crippen molar-refractivity contribution in [3.63, 3.8) is 0 Å². The summed E-state index contributed by atoms with van der Waals surface area (Å²) < 4.78 is 41.2. The van der Waals surface area contributed by atoms with Crippen LogP contribution in [-0.4, -0.2) is 44.7 Å². The molecule has 4 rings (SSSR count). The van der Waals surface area contributed by atoms with Crippen molar-refractivity contribution < 1.29 is 22.4 Å². The molecule has 0 bridgehead atoms. The molecule has 1 fully saturated rings. The van der Waals surface area contributed by atoms with E-state index in [4.69, 9.17) is 11.6 Å². The van der Waals surface area contributed by atoms with Crippen molar-refractivity contribution in [2.75, 3.05) is 30.4 Å². The fraction of sp³-hybridized carbons (Fsp3) is 0.391. The molecule has 0 aliphatic carbocycles. The number of sulfonamides is 1. The van der Waals surface area contributed by atoms with Crippen LogP contribution >= 0.6 is 11.6 Å². The van der Waals surface area contributed by atoms with E-state index in [1.807, 2.05) is 0 Å². The quantitative estimate of drug-likeness (QED) is 0.702. The molecule has 1 N–H and O–H groups in total. The average Bonchev–Trinajstić information content (AvgIpc) is 2.96. The molecule has 2 aromatic rings. The summed E-state index contributed by atoms with van der Waals surface area (Å²) in [4.78, 5) is 26.8. The van der Waals surface area contributed by atoms with Gasteiger partial charge in [0.1, 0.15) is 5.82 Å². The summed E-state index contributed by atoms with van der Waals surface area (Å²) in [5, 5.41) is 2.63. The number of fused-ring (bicyclic) bond motifs is 1. The fourth-order valence-electron chi connectivity index (χ4n) is 4.44. The van der Waals surface area contributed by atoms with E-state index in [0.29, 0.717) is 29.8 Å². The van der Waals surface area contributed by atoms with Gasteiger partial charge < -0.3 is 10.2 Å². The number of nitrogens with zero attached hydrogens (tertiary/aromatic N) is 2. The first kappa shape index (κ1) is 23.7. The predicted octanol–water partition coefficient (Wildman–Crippen LogP) is 3.77. The van der Waals surface area contributed by atoms with Crippen molar-refractivity contribution in [1.82, 2.24) is 4.31 Å². The molecule has 2 aliphatic rings. The maximum absolute atomic E-state index is 13.3. The van der Waals surface area contributed by atoms with Crippen LogP contribution in [0.4, 0.5) is 15.8 Å². The summed E-state index contributed by atoms with van der Waals surface area (Å²) in [6.07, 6.45) is 0.718. The van der Waals surface area contributed by atoms with E-state index in [2.05, 4.69) is 5.32 Å². The lowest BCUT2D eigenvalue weighted by molar-refractivity contribution is -0.122. The number of hydrogen-bond acceptors (Lipinski definition) is 4. The Kier molecular flexibility index (Phi) is 6.01. The van der Waals surface area contributed by atoms with Gasteiger partial charge in [0.25, 0.3) is 0 Å². The van der Waals surface area contributed by atoms with Gasteiger partial charge in [0.2, 0.25) is 21.8 Å². The van der Waals surface area contributed by atoms with E-state index < -0.39 is 21.3 Å². The largest absolute Gasteiger partial charge is 0.326 e. The van der Waals surface area contributed by atoms with E-state index >= 15 is 0 Å². The first-order valence-corrected chi connectivity index (χ1v) is 12.4. The summed E-state index contributed by atoms with van der Waals surface area (Å²) in [5.41, 5.74) is 0.981. The molecule has 10 heteroatoms. The number of halogens is 2. The molecule has 0 unspecified atom stereocenters. The maximum Gasteiger partial charge on any atom is 0.243 e. The SMILES string of the molecule is CN1C(=O)C(C)(C)c2cc(S(=O)(=O)N3CCC(C(=O)Nc4ccc(F)c(Cl)c4)CC3)ccc21. The molecule has 33 heavy (non-hydrogen) atoms. The van der Waals surface area contributed by atoms with Crippen LogP contribution in [0, 0.1) is 11.7 Å². The third-order valence-electron chi connectivity index (χ3n) is 6.49. The monoisotopic (exact) mass is 493 g/mol. The average molecular weight is 494 g/mol. The van der Waals surface area contributed by atoms with Gasteiger partial charge >= 0.3 is 0 Å². The Bertz CT molecular complexity index is 1240. The minimum absolute atomic E-state index is 0.0821. The smallest absolute Gasteiger partial charge is 0.243 e. The maximum atomic E-state index is 13.3. The fourth-order valence-corrected chi connectivity index (χ4v) is 6.12. The van der Waals surface area contributed by atoms with Crippen molar-refractivity contribution in [3.8, 4) is 0 Å². The number of benzene rings is 2. The zero-order valence-electron chi connectivity index (χ0n) is 18.6. The van der Waals surface area contributed by atoms with E-state index in [1.54, 1.807) is 37.9 Å². The molecule has 7 nitrogen and oxygen atoms in total. The van der Waals surface area contributed by atoms with E-state index in [0.717, 1.165) is 0 Å². The molecular weight excluding hydrogens is 469 g/mol. The lowest BCUT2D eigenvalue weighted by Crippen LogP contribution is -2.41. The summed E-state index contributed by atoms with van der Waals surface area (Å²) >= 11 is 5.76. The number of hydrogen-bond donors (Lipinski definition) is 1. The van der Waals surface area contributed by atoms with Crippen LogP contribution in [0.1, 0.15) is 32.3 Å². The van der Waals surface area contributed by atoms with Crippen LogP contribution in [-0.2, 0) is 25.0 Å². The van der Waals surface area contributed by atoms with E-state index in [1.165, 1.54) is 28.6 Å². The van der Waals surface area contributed by atoms with Crippen molar-refractivity contribution in [2.24, 2.45) is 5.92 Å². The van der Waals surface area contributed by atoms with Gasteiger partial charge in [-0.3, -0.25) is 9.59 Å². The van der Waals surface area contributed by atoms with Crippen molar-refractivity contribution in [1.29, 1.82) is 0 Å². The van der Waals surface area contributed by atoms with Crippen LogP contribution in [0.15, 0.2) is 41.3 Å². The van der Waals surface area contributed by atoms with Crippen LogP contribution in [0.3, 0.4) is 0 Å². The van der Waals surface area contributed by atoms with Gasteiger partial charge in [0, 0.05) is 37.4 Å². The molecule has 0 spiro atoms. The first-order chi connectivity index (χ1) is 15.4. The Labute approximate surface area is 197 Å². The Morgan fingerprint density at radius 1 is 1.15 bits per heavy atom. The number of carbonyl (C=O) groups excluding carboxylic acids is 2. The van der Waals surface area contributed by atoms with Gasteiger partial charge in [-0.1, -0.05) is 11.6 Å². The number of anilines is 2. The molecule has 2 amide bonds. The molecule has 2 heterocycles. The normalized spacial score (nSPS) is 18.9. The van der Waals surface area contributed by atoms with Crippen molar-refractivity contribution >= 4 is 44.8 Å². The van der Waals surface area contributed by atoms with Crippen LogP contribution in [0.2, 0.25) is 5.02 Å². The standard InChI is InChI=1S/C23H25ClFN3O4S/c1-23(2)17-13-16(5-7-20(17)27(3)22(23)30)33(31,32)28-10-8-14(9-11-28)21(29)26-15-4-6-19(25)18(24)12-15/h4-7,12-14H,8-11H2,1-3H3,(H,26,29). The highest BCUT2D eigenvalue weighted by atomic mass is 35.5. The predicted molar refractivity (Wildman–Crippen MR) is 124 cm³/mol. The minimum atomic E-state index is -3.77. The molecule has 0 saturated carbocycles. The summed E-state index contributed by atoms with van der Waals surface area (Å²) in [6.45, 7) is 3.97. The van der Waals surface area contributed by atoms with Crippen molar-refractivity contribution in [2.45, 2.75) is 37.0 Å². The number of carbonyl (C=O) groups is 2. The van der Waals surface area contributed by atoms with Gasteiger partial charge in [-0.25, -0.2) is 12.8 Å². The molecule has 176 valence electrons. The second kappa shape index (κ2) is 8.38. The summed E-state index contributed by atoms with van der Waals surface area (Å²) in [5.74, 6) is -1.28. The van der Waals surface area contributed by atoms with Crippen molar-refractivity contribution in [3.05, 3.63) is 52.8 Å². The second-order valence-electron chi connectivity index (χ2n) is 8.96. The molecule has 0 radical (unpaired) electrons. The Morgan fingerprint density at radius 2 is 1.82 bits per heavy atom. The Hall–Kier alpha value is -2.49. The van der Waals surface area contributed by atoms with Gasteiger partial charge in [0.05, 0.1) is 15.3 Å². The number of rotatable bonds is 4. The third-order valence-corrected chi connectivity index (χ3v) is 8.68. The molecule has 2 aliphatic heterocycles. The van der Waals surface area contributed by atoms with Gasteiger partial charge in [0.15, 0.2) is 0 Å². The number of nitrogens with one attached hydrogen (secondary N) is 1. The highest BCUT2D eigenvalue weighted by Gasteiger charge is 2.43. The third kappa shape index (κ3) is 4.13. The van der Waals surface area contributed by atoms with E-state index in [9.17, 15) is 22.4 Å². The summed E-state index contributed by atoms with van der Waals surface area (Å²) in [6, 6.07) is 8.72. The topological polar surface area (TPSA) is 86.8 Å². The van der Waals surface area contributed by atoms with Crippen LogP contribution in [0.5, 0.6) is 0 Å². The molecule has 0 atom stereocenters. The molecule has 0 aromatic heterocycles. The first-order valence-electron chi connectivity index (χ1n) is 10.6. The van der Waals surface area contributed by atoms with Gasteiger partial charge in [-0.05, 0) is 68.7 Å². The molecule has 2 aromatic carbocycles. The van der Waals surface area contributed by atoms with E-state index in [-0.39, 0.29) is 40.7 Å². The lowest BCUT2D eigenvalue weighted by Gasteiger charge is -2.30. The Morgan fingerprint density at radius 3 is 2.45 bits per heavy atom. The number of likely N-dealkylation sites (N-methyl/N-ethyl adjacent to an activating group) is 1. The van der Waals surface area contributed by atoms with Crippen LogP contribution in [0.25, 0.3) is 0 Å². The van der Waals surface area contributed by atoms with Gasteiger partial charge in [-0.15, -0.1) is 0 Å². The highest BCUT2D eigenvalue weighted by Crippen LogP contribution is 2.42. The highest BCUT2D eigenvalue weighted by molar-refractivity contribution is 7.89. The molecular formula is C23H25ClFN3O4S. The zero-order valence-corrected chi connectivity index (χ0v) is 20.1. The molecule has 1 saturated heterocycles. The zero-order chi connectivity index (χ0) is 24.1. The lowest BCUT2D eigenvalue weighted by atomic mass is 9.86. The second-order valence-corrected chi connectivity index (χ2v) is 11.3. The van der Waals surface area contributed by atoms with Crippen LogP contribution < -0.4 is 10.2 Å². The summed E-state index contributed by atoms with van der Waals surface area (Å²) in [7, 11) is -2.09.